The second kappa shape index (κ2) is 13.2. The molecule has 5 atom stereocenters. The van der Waals surface area contributed by atoms with E-state index in [1.165, 1.54) is 18.2 Å². The number of aryl methyl sites for hydroxylation is 1. The minimum Gasteiger partial charge on any atom is -0.508 e. The van der Waals surface area contributed by atoms with Crippen molar-refractivity contribution in [3.05, 3.63) is 105 Å². The standard InChI is InChI=1S/C37H40NO10P/c1-20(2)12-13-23-18-24(15-17-27(23)39)35(41)38-29-30(40)26-16-14-22(21(3)31(26)45-36(29)42)19-28-32-33(34(44-6)37(4,5)46-28)48-49(43,47-32)25-10-8-7-9-11-25/h7-12,14-18,28,32-34,39-40H,13,19H2,1-6H3,(H,38,41)/t28-,32-,33?,34+,49?/m0/s1. The number of allylic oxidation sites excluding steroid dienone is 2. The number of phenolic OH excluding ortho intramolecular Hbond substituents is 1. The first-order valence-electron chi connectivity index (χ1n) is 16.0. The van der Waals surface area contributed by atoms with E-state index in [0.717, 1.165) is 11.1 Å². The predicted molar refractivity (Wildman–Crippen MR) is 185 cm³/mol. The fourth-order valence-electron chi connectivity index (χ4n) is 6.56. The van der Waals surface area contributed by atoms with Crippen LogP contribution in [0.15, 0.2) is 81.5 Å². The van der Waals surface area contributed by atoms with Gasteiger partial charge in [0.2, 0.25) is 0 Å². The first-order chi connectivity index (χ1) is 23.2. The molecule has 49 heavy (non-hydrogen) atoms. The number of aromatic hydroxyl groups is 2. The Balaban J connectivity index is 1.29. The molecular weight excluding hydrogens is 649 g/mol. The average Bonchev–Trinajstić information content (AvgIpc) is 3.42. The van der Waals surface area contributed by atoms with Crippen LogP contribution in [-0.2, 0) is 35.9 Å². The van der Waals surface area contributed by atoms with E-state index < -0.39 is 60.6 Å². The lowest BCUT2D eigenvalue weighted by atomic mass is 9.84. The van der Waals surface area contributed by atoms with Crippen LogP contribution in [0.1, 0.15) is 54.7 Å². The van der Waals surface area contributed by atoms with Gasteiger partial charge in [-0.25, -0.2) is 4.79 Å². The van der Waals surface area contributed by atoms with Crippen LogP contribution in [0.2, 0.25) is 0 Å². The quantitative estimate of drug-likeness (QED) is 0.109. The lowest BCUT2D eigenvalue weighted by molar-refractivity contribution is -0.234. The molecule has 3 aromatic carbocycles. The Morgan fingerprint density at radius 1 is 1.02 bits per heavy atom. The van der Waals surface area contributed by atoms with E-state index in [4.69, 9.17) is 22.9 Å². The smallest absolute Gasteiger partial charge is 0.364 e. The van der Waals surface area contributed by atoms with Gasteiger partial charge < -0.3 is 29.4 Å². The number of nitrogens with one attached hydrogen (secondary N) is 1. The molecule has 4 aromatic rings. The number of ether oxygens (including phenoxy) is 2. The zero-order valence-electron chi connectivity index (χ0n) is 28.2. The summed E-state index contributed by atoms with van der Waals surface area (Å²) in [6.45, 7) is 9.37. The number of amides is 1. The molecule has 2 saturated heterocycles. The molecule has 0 saturated carbocycles. The molecule has 11 nitrogen and oxygen atoms in total. The van der Waals surface area contributed by atoms with Gasteiger partial charge in [-0.3, -0.25) is 18.4 Å². The Morgan fingerprint density at radius 2 is 1.73 bits per heavy atom. The van der Waals surface area contributed by atoms with Crippen molar-refractivity contribution in [2.45, 2.75) is 77.5 Å². The lowest BCUT2D eigenvalue weighted by Gasteiger charge is -2.46. The number of hydrogen-bond acceptors (Lipinski definition) is 10. The van der Waals surface area contributed by atoms with E-state index in [0.29, 0.717) is 22.9 Å². The second-order valence-corrected chi connectivity index (χ2v) is 15.1. The van der Waals surface area contributed by atoms with Gasteiger partial charge in [-0.2, -0.15) is 0 Å². The number of anilines is 1. The molecule has 3 N–H and O–H groups in total. The molecule has 258 valence electrons. The fraction of sp³-hybridized carbons (Fsp3) is 0.351. The number of rotatable bonds is 8. The maximum Gasteiger partial charge on any atom is 0.364 e. The summed E-state index contributed by atoms with van der Waals surface area (Å²) in [6.07, 6.45) is 0.0109. The van der Waals surface area contributed by atoms with Crippen LogP contribution in [0.5, 0.6) is 11.5 Å². The highest BCUT2D eigenvalue weighted by Crippen LogP contribution is 2.59. The largest absolute Gasteiger partial charge is 0.508 e. The number of carbonyl (C=O) groups is 1. The van der Waals surface area contributed by atoms with E-state index in [1.54, 1.807) is 50.4 Å². The van der Waals surface area contributed by atoms with Crippen molar-refractivity contribution < 1.29 is 42.5 Å². The summed E-state index contributed by atoms with van der Waals surface area (Å²) in [4.78, 5) is 26.3. The molecule has 6 rings (SSSR count). The van der Waals surface area contributed by atoms with Crippen molar-refractivity contribution in [2.24, 2.45) is 0 Å². The van der Waals surface area contributed by atoms with Crippen molar-refractivity contribution in [1.29, 1.82) is 0 Å². The van der Waals surface area contributed by atoms with Gasteiger partial charge in [0, 0.05) is 19.1 Å². The number of phenols is 1. The predicted octanol–water partition coefficient (Wildman–Crippen LogP) is 6.31. The van der Waals surface area contributed by atoms with Gasteiger partial charge in [-0.15, -0.1) is 0 Å². The third-order valence-electron chi connectivity index (χ3n) is 9.12. The number of methoxy groups -OCH3 is 1. The van der Waals surface area contributed by atoms with Crippen LogP contribution >= 0.6 is 7.60 Å². The first-order valence-corrected chi connectivity index (χ1v) is 17.5. The van der Waals surface area contributed by atoms with Crippen molar-refractivity contribution >= 4 is 35.5 Å². The third-order valence-corrected chi connectivity index (χ3v) is 11.1. The van der Waals surface area contributed by atoms with Crippen molar-refractivity contribution in [2.75, 3.05) is 12.4 Å². The molecular formula is C37H40NO10P. The lowest BCUT2D eigenvalue weighted by Crippen LogP contribution is -2.62. The highest BCUT2D eigenvalue weighted by Gasteiger charge is 2.60. The second-order valence-electron chi connectivity index (χ2n) is 13.2. The molecule has 2 unspecified atom stereocenters. The topological polar surface area (TPSA) is 154 Å². The Labute approximate surface area is 284 Å². The summed E-state index contributed by atoms with van der Waals surface area (Å²) in [5.74, 6) is -1.05. The molecule has 0 bridgehead atoms. The van der Waals surface area contributed by atoms with Crippen molar-refractivity contribution in [3.63, 3.8) is 0 Å². The molecule has 0 aliphatic carbocycles. The van der Waals surface area contributed by atoms with E-state index in [9.17, 15) is 24.4 Å². The average molecular weight is 690 g/mol. The highest BCUT2D eigenvalue weighted by molar-refractivity contribution is 7.62. The van der Waals surface area contributed by atoms with Crippen LogP contribution in [-0.4, -0.2) is 53.2 Å². The van der Waals surface area contributed by atoms with Crippen LogP contribution in [0.4, 0.5) is 5.69 Å². The zero-order chi connectivity index (χ0) is 35.2. The minimum absolute atomic E-state index is 0.0434. The molecule has 0 spiro atoms. The van der Waals surface area contributed by atoms with Gasteiger partial charge in [0.05, 0.1) is 22.4 Å². The van der Waals surface area contributed by atoms with Crippen LogP contribution in [0, 0.1) is 6.92 Å². The van der Waals surface area contributed by atoms with Crippen LogP contribution < -0.4 is 16.2 Å². The number of benzene rings is 3. The Kier molecular flexibility index (Phi) is 9.34. The van der Waals surface area contributed by atoms with E-state index in [2.05, 4.69) is 5.32 Å². The molecule has 2 aliphatic rings. The van der Waals surface area contributed by atoms with Crippen molar-refractivity contribution in [1.82, 2.24) is 0 Å². The van der Waals surface area contributed by atoms with E-state index >= 15 is 0 Å². The Bertz CT molecular complexity index is 2050. The van der Waals surface area contributed by atoms with Gasteiger partial charge in [0.15, 0.2) is 11.4 Å². The minimum atomic E-state index is -3.70. The van der Waals surface area contributed by atoms with Gasteiger partial charge in [-0.1, -0.05) is 35.9 Å². The molecule has 3 heterocycles. The normalized spacial score (nSPS) is 24.4. The SMILES string of the molecule is CO[C@@H]1C2OP(=O)(c3ccccc3)O[C@H]2[C@H](Cc2ccc3c(O)c(NC(=O)c4ccc(O)c(CC=C(C)C)c4)c(=O)oc3c2C)OC1(C)C. The molecule has 0 radical (unpaired) electrons. The summed E-state index contributed by atoms with van der Waals surface area (Å²) in [5, 5.41) is 24.6. The maximum atomic E-state index is 14.0. The summed E-state index contributed by atoms with van der Waals surface area (Å²) in [7, 11) is -2.15. The zero-order valence-corrected chi connectivity index (χ0v) is 29.1. The monoisotopic (exact) mass is 689 g/mol. The van der Waals surface area contributed by atoms with Gasteiger partial charge >= 0.3 is 13.2 Å². The van der Waals surface area contributed by atoms with Crippen LogP contribution in [0.3, 0.4) is 0 Å². The van der Waals surface area contributed by atoms with E-state index in [-0.39, 0.29) is 28.7 Å². The summed E-state index contributed by atoms with van der Waals surface area (Å²) in [5.41, 5.74) is 1.08. The molecule has 1 aromatic heterocycles. The number of carbonyl (C=O) groups excluding carboxylic acids is 1. The maximum absolute atomic E-state index is 14.0. The van der Waals surface area contributed by atoms with Gasteiger partial charge in [0.1, 0.15) is 29.6 Å². The third kappa shape index (κ3) is 6.57. The summed E-state index contributed by atoms with van der Waals surface area (Å²) < 4.78 is 44.4. The van der Waals surface area contributed by atoms with Gasteiger partial charge in [0.25, 0.3) is 5.91 Å². The molecule has 2 fully saturated rings. The van der Waals surface area contributed by atoms with Crippen molar-refractivity contribution in [3.8, 4) is 11.5 Å². The fourth-order valence-corrected chi connectivity index (χ4v) is 8.52. The van der Waals surface area contributed by atoms with E-state index in [1.807, 2.05) is 39.8 Å². The highest BCUT2D eigenvalue weighted by atomic mass is 31.2. The first kappa shape index (κ1) is 34.6. The number of hydrogen-bond donors (Lipinski definition) is 3. The Hall–Kier alpha value is -4.25. The summed E-state index contributed by atoms with van der Waals surface area (Å²) >= 11 is 0. The Morgan fingerprint density at radius 3 is 2.43 bits per heavy atom. The molecule has 1 amide bonds. The van der Waals surface area contributed by atoms with Gasteiger partial charge in [-0.05, 0) is 94.1 Å². The molecule has 12 heteroatoms. The number of fused-ring (bicyclic) bond motifs is 2. The summed E-state index contributed by atoms with van der Waals surface area (Å²) in [6, 6.07) is 16.5. The van der Waals surface area contributed by atoms with Crippen LogP contribution in [0.25, 0.3) is 11.0 Å². The molecule has 2 aliphatic heterocycles.